The first-order chi connectivity index (χ1) is 17.6. The average Bonchev–Trinajstić information content (AvgIpc) is 3.47. The van der Waals surface area contributed by atoms with E-state index in [4.69, 9.17) is 0 Å². The Morgan fingerprint density at radius 2 is 1.86 bits per heavy atom. The first-order valence-corrected chi connectivity index (χ1v) is 12.2. The highest BCUT2D eigenvalue weighted by molar-refractivity contribution is 6.05. The molecule has 4 amide bonds. The first-order valence-electron chi connectivity index (χ1n) is 12.2. The van der Waals surface area contributed by atoms with Crippen LogP contribution in [0.2, 0.25) is 0 Å². The van der Waals surface area contributed by atoms with Gasteiger partial charge in [0.1, 0.15) is 6.04 Å². The molecule has 10 heteroatoms. The van der Waals surface area contributed by atoms with Crippen LogP contribution in [-0.2, 0) is 28.1 Å². The lowest BCUT2D eigenvalue weighted by Crippen LogP contribution is -2.52. The summed E-state index contributed by atoms with van der Waals surface area (Å²) in [6.45, 7) is 7.08. The molecule has 0 aliphatic carbocycles. The van der Waals surface area contributed by atoms with Crippen LogP contribution in [0.4, 0.5) is 0 Å². The number of benzene rings is 2. The molecule has 3 heterocycles. The molecule has 1 aromatic heterocycles. The molecule has 2 aromatic carbocycles. The summed E-state index contributed by atoms with van der Waals surface area (Å²) in [5, 5.41) is 13.3. The van der Waals surface area contributed by atoms with Gasteiger partial charge >= 0.3 is 0 Å². The summed E-state index contributed by atoms with van der Waals surface area (Å²) in [5.41, 5.74) is 4.33. The zero-order chi connectivity index (χ0) is 26.3. The van der Waals surface area contributed by atoms with E-state index >= 15 is 0 Å². The van der Waals surface area contributed by atoms with Gasteiger partial charge in [0.15, 0.2) is 5.69 Å². The SMILES string of the molecule is CC(C)(C)c1ccc(CNC(=O)c2cn(-c3ccc4c(c3)CN(C3CCC(=O)NC3=O)C4=O)nn2)cc1. The summed E-state index contributed by atoms with van der Waals surface area (Å²) in [6, 6.07) is 12.7. The topological polar surface area (TPSA) is 126 Å². The number of nitrogens with one attached hydrogen (secondary N) is 2. The van der Waals surface area contributed by atoms with Crippen LogP contribution < -0.4 is 10.6 Å². The summed E-state index contributed by atoms with van der Waals surface area (Å²) in [7, 11) is 0. The second-order valence-electron chi connectivity index (χ2n) is 10.4. The lowest BCUT2D eigenvalue weighted by molar-refractivity contribution is -0.136. The fraction of sp³-hybridized carbons (Fsp3) is 0.333. The van der Waals surface area contributed by atoms with Gasteiger partial charge in [-0.15, -0.1) is 5.10 Å². The Balaban J connectivity index is 1.25. The Kier molecular flexibility index (Phi) is 6.10. The molecular weight excluding hydrogens is 472 g/mol. The van der Waals surface area contributed by atoms with Crippen molar-refractivity contribution in [1.82, 2.24) is 30.5 Å². The van der Waals surface area contributed by atoms with Crippen LogP contribution in [0.5, 0.6) is 0 Å². The highest BCUT2D eigenvalue weighted by atomic mass is 16.2. The van der Waals surface area contributed by atoms with Gasteiger partial charge in [0.2, 0.25) is 11.8 Å². The molecule has 1 fully saturated rings. The maximum atomic E-state index is 12.9. The van der Waals surface area contributed by atoms with Gasteiger partial charge in [-0.1, -0.05) is 50.3 Å². The molecule has 1 unspecified atom stereocenters. The van der Waals surface area contributed by atoms with Gasteiger partial charge in [0, 0.05) is 25.1 Å². The van der Waals surface area contributed by atoms with Gasteiger partial charge in [-0.25, -0.2) is 4.68 Å². The number of amides is 4. The second kappa shape index (κ2) is 9.27. The van der Waals surface area contributed by atoms with Crippen molar-refractivity contribution >= 4 is 23.6 Å². The number of imide groups is 1. The Morgan fingerprint density at radius 3 is 2.57 bits per heavy atom. The molecular formula is C27H28N6O4. The smallest absolute Gasteiger partial charge is 0.273 e. The van der Waals surface area contributed by atoms with E-state index in [0.717, 1.165) is 11.1 Å². The molecule has 1 saturated heterocycles. The molecule has 0 saturated carbocycles. The summed E-state index contributed by atoms with van der Waals surface area (Å²) in [4.78, 5) is 50.8. The minimum Gasteiger partial charge on any atom is -0.347 e. The molecule has 2 N–H and O–H groups in total. The molecule has 1 atom stereocenters. The van der Waals surface area contributed by atoms with E-state index in [0.29, 0.717) is 24.2 Å². The van der Waals surface area contributed by atoms with Crippen molar-refractivity contribution in [2.24, 2.45) is 0 Å². The van der Waals surface area contributed by atoms with E-state index in [9.17, 15) is 19.2 Å². The summed E-state index contributed by atoms with van der Waals surface area (Å²) in [6.07, 6.45) is 2.04. The number of piperidine rings is 1. The fourth-order valence-corrected chi connectivity index (χ4v) is 4.59. The third kappa shape index (κ3) is 4.87. The van der Waals surface area contributed by atoms with E-state index in [1.54, 1.807) is 18.2 Å². The van der Waals surface area contributed by atoms with Crippen molar-refractivity contribution in [3.63, 3.8) is 0 Å². The third-order valence-corrected chi connectivity index (χ3v) is 6.77. The van der Waals surface area contributed by atoms with Gasteiger partial charge in [-0.2, -0.15) is 0 Å². The normalized spacial score (nSPS) is 17.5. The molecule has 190 valence electrons. The summed E-state index contributed by atoms with van der Waals surface area (Å²) in [5.74, 6) is -1.36. The monoisotopic (exact) mass is 500 g/mol. The van der Waals surface area contributed by atoms with Gasteiger partial charge in [0.05, 0.1) is 11.9 Å². The maximum Gasteiger partial charge on any atom is 0.273 e. The van der Waals surface area contributed by atoms with E-state index in [2.05, 4.69) is 53.8 Å². The van der Waals surface area contributed by atoms with E-state index in [1.807, 2.05) is 12.1 Å². The van der Waals surface area contributed by atoms with Crippen molar-refractivity contribution in [3.8, 4) is 5.69 Å². The van der Waals surface area contributed by atoms with Gasteiger partial charge in [-0.05, 0) is 46.7 Å². The molecule has 37 heavy (non-hydrogen) atoms. The van der Waals surface area contributed by atoms with Crippen LogP contribution in [0.1, 0.15) is 71.1 Å². The molecule has 3 aromatic rings. The van der Waals surface area contributed by atoms with Crippen LogP contribution in [0.3, 0.4) is 0 Å². The number of rotatable bonds is 5. The number of aromatic nitrogens is 3. The molecule has 0 spiro atoms. The Hall–Kier alpha value is -4.34. The summed E-state index contributed by atoms with van der Waals surface area (Å²) < 4.78 is 1.48. The Morgan fingerprint density at radius 1 is 1.11 bits per heavy atom. The van der Waals surface area contributed by atoms with Crippen molar-refractivity contribution in [2.75, 3.05) is 0 Å². The predicted molar refractivity (Wildman–Crippen MR) is 134 cm³/mol. The van der Waals surface area contributed by atoms with Crippen LogP contribution in [-0.4, -0.2) is 49.6 Å². The zero-order valence-corrected chi connectivity index (χ0v) is 20.9. The van der Waals surface area contributed by atoms with Crippen LogP contribution in [0.15, 0.2) is 48.7 Å². The zero-order valence-electron chi connectivity index (χ0n) is 20.9. The summed E-state index contributed by atoms with van der Waals surface area (Å²) >= 11 is 0. The molecule has 10 nitrogen and oxygen atoms in total. The predicted octanol–water partition coefficient (Wildman–Crippen LogP) is 2.26. The standard InChI is InChI=1S/C27H28N6O4/c1-27(2,3)18-6-4-16(5-7-18)13-28-24(35)21-15-33(31-30-21)19-8-9-20-17(12-19)14-32(26(20)37)22-10-11-23(34)29-25(22)36/h4-9,12,15,22H,10-11,13-14H2,1-3H3,(H,28,35)(H,29,34,36). The van der Waals surface area contributed by atoms with E-state index < -0.39 is 11.9 Å². The Labute approximate surface area is 214 Å². The van der Waals surface area contributed by atoms with Crippen LogP contribution in [0, 0.1) is 0 Å². The molecule has 2 aliphatic heterocycles. The lowest BCUT2D eigenvalue weighted by Gasteiger charge is -2.29. The highest BCUT2D eigenvalue weighted by Gasteiger charge is 2.39. The Bertz CT molecular complexity index is 1400. The van der Waals surface area contributed by atoms with Crippen molar-refractivity contribution in [3.05, 3.63) is 76.6 Å². The molecule has 2 aliphatic rings. The van der Waals surface area contributed by atoms with Crippen LogP contribution in [0.25, 0.3) is 5.69 Å². The lowest BCUT2D eigenvalue weighted by atomic mass is 9.87. The van der Waals surface area contributed by atoms with Crippen LogP contribution >= 0.6 is 0 Å². The van der Waals surface area contributed by atoms with Gasteiger partial charge < -0.3 is 10.2 Å². The minimum atomic E-state index is -0.674. The number of hydrogen-bond donors (Lipinski definition) is 2. The number of carbonyl (C=O) groups is 4. The van der Waals surface area contributed by atoms with Crippen molar-refractivity contribution in [1.29, 1.82) is 0 Å². The fourth-order valence-electron chi connectivity index (χ4n) is 4.59. The molecule has 5 rings (SSSR count). The van der Waals surface area contributed by atoms with E-state index in [-0.39, 0.29) is 41.8 Å². The van der Waals surface area contributed by atoms with Crippen molar-refractivity contribution in [2.45, 2.75) is 58.2 Å². The highest BCUT2D eigenvalue weighted by Crippen LogP contribution is 2.29. The largest absolute Gasteiger partial charge is 0.347 e. The van der Waals surface area contributed by atoms with Gasteiger partial charge in [-0.3, -0.25) is 24.5 Å². The molecule has 0 bridgehead atoms. The quantitative estimate of drug-likeness (QED) is 0.518. The van der Waals surface area contributed by atoms with Gasteiger partial charge in [0.25, 0.3) is 11.8 Å². The second-order valence-corrected chi connectivity index (χ2v) is 10.4. The maximum absolute atomic E-state index is 12.9. The molecule has 0 radical (unpaired) electrons. The number of nitrogens with zero attached hydrogens (tertiary/aromatic N) is 4. The van der Waals surface area contributed by atoms with E-state index in [1.165, 1.54) is 21.3 Å². The number of fused-ring (bicyclic) bond motifs is 1. The van der Waals surface area contributed by atoms with Crippen molar-refractivity contribution < 1.29 is 19.2 Å². The minimum absolute atomic E-state index is 0.0638. The number of hydrogen-bond acceptors (Lipinski definition) is 6. The number of carbonyl (C=O) groups excluding carboxylic acids is 4. The average molecular weight is 501 g/mol. The first kappa shape index (κ1) is 24.4. The third-order valence-electron chi connectivity index (χ3n) is 6.77.